The summed E-state index contributed by atoms with van der Waals surface area (Å²) in [5.41, 5.74) is 0.421. The zero-order valence-electron chi connectivity index (χ0n) is 17.9. The zero-order chi connectivity index (χ0) is 26.1. The molecule has 0 atom stereocenters. The molecule has 0 aliphatic rings. The topological polar surface area (TPSA) is 74.8 Å². The average Bonchev–Trinajstić information content (AvgIpc) is 3.55. The van der Waals surface area contributed by atoms with Crippen molar-refractivity contribution >= 4 is 54.1 Å². The Bertz CT molecular complexity index is 1390. The number of nitrogens with zero attached hydrogens (tertiary/aromatic N) is 2. The molecule has 0 radical (unpaired) electrons. The summed E-state index contributed by atoms with van der Waals surface area (Å²) in [4.78, 5) is 0. The van der Waals surface area contributed by atoms with E-state index in [-0.39, 0.29) is 28.4 Å². The fourth-order valence-electron chi connectivity index (χ4n) is 3.33. The van der Waals surface area contributed by atoms with Crippen LogP contribution in [0.5, 0.6) is 0 Å². The number of hydrogen-bond donors (Lipinski definition) is 0. The van der Waals surface area contributed by atoms with Crippen molar-refractivity contribution in [2.75, 3.05) is 8.61 Å². The first-order valence-corrected chi connectivity index (χ1v) is 14.6. The van der Waals surface area contributed by atoms with Gasteiger partial charge in [-0.05, 0) is 58.3 Å². The third-order valence-electron chi connectivity index (χ3n) is 4.95. The number of sulfonamides is 2. The Morgan fingerprint density at radius 2 is 0.889 bits per heavy atom. The van der Waals surface area contributed by atoms with Crippen LogP contribution in [0.25, 0.3) is 11.1 Å². The van der Waals surface area contributed by atoms with Gasteiger partial charge in [0.1, 0.15) is 8.42 Å². The monoisotopic (exact) mass is 576 g/mol. The molecule has 2 heterocycles. The highest BCUT2D eigenvalue weighted by Gasteiger charge is 2.34. The molecule has 0 aliphatic heterocycles. The van der Waals surface area contributed by atoms with E-state index >= 15 is 0 Å². The predicted molar refractivity (Wildman–Crippen MR) is 132 cm³/mol. The number of alkyl halides is 4. The van der Waals surface area contributed by atoms with Crippen LogP contribution in [0.4, 0.5) is 28.9 Å². The van der Waals surface area contributed by atoms with Crippen molar-refractivity contribution in [1.82, 2.24) is 0 Å². The molecule has 2 aromatic heterocycles. The van der Waals surface area contributed by atoms with Crippen LogP contribution in [0.1, 0.15) is 0 Å². The van der Waals surface area contributed by atoms with Gasteiger partial charge in [0.05, 0.1) is 11.4 Å². The summed E-state index contributed by atoms with van der Waals surface area (Å²) < 4.78 is 105. The lowest BCUT2D eigenvalue weighted by molar-refractivity contribution is 0.161. The molecule has 14 heteroatoms. The summed E-state index contributed by atoms with van der Waals surface area (Å²) in [5, 5.41) is 2.92. The van der Waals surface area contributed by atoms with Crippen LogP contribution >= 0.6 is 22.7 Å². The van der Waals surface area contributed by atoms with Crippen LogP contribution < -0.4 is 8.61 Å². The highest BCUT2D eigenvalue weighted by Crippen LogP contribution is 2.34. The SMILES string of the molecule is O=S(=O)(c1cccs1)N(c1ccc(-c2ccc(N(C(F)F)S(=O)(=O)c3cccs3)cc2)cc1)C(F)F. The molecule has 0 N–H and O–H groups in total. The molecule has 4 rings (SSSR count). The van der Waals surface area contributed by atoms with Gasteiger partial charge in [-0.2, -0.15) is 17.6 Å². The van der Waals surface area contributed by atoms with E-state index in [1.165, 1.54) is 83.6 Å². The summed E-state index contributed by atoms with van der Waals surface area (Å²) >= 11 is 1.63. The summed E-state index contributed by atoms with van der Waals surface area (Å²) in [6, 6.07) is 15.7. The molecule has 0 fully saturated rings. The lowest BCUT2D eigenvalue weighted by Gasteiger charge is -2.23. The van der Waals surface area contributed by atoms with Gasteiger partial charge in [-0.3, -0.25) is 0 Å². The second kappa shape index (κ2) is 10.2. The first kappa shape index (κ1) is 26.1. The van der Waals surface area contributed by atoms with Gasteiger partial charge in [-0.15, -0.1) is 22.7 Å². The second-order valence-corrected chi connectivity index (χ2v) is 13.1. The maximum Gasteiger partial charge on any atom is 0.328 e. The number of benzene rings is 2. The number of rotatable bonds is 9. The third-order valence-corrected chi connectivity index (χ3v) is 11.2. The molecule has 0 unspecified atom stereocenters. The van der Waals surface area contributed by atoms with Crippen LogP contribution in [-0.2, 0) is 20.0 Å². The lowest BCUT2D eigenvalue weighted by atomic mass is 10.1. The van der Waals surface area contributed by atoms with E-state index in [0.717, 1.165) is 22.7 Å². The normalized spacial score (nSPS) is 12.3. The van der Waals surface area contributed by atoms with Gasteiger partial charge in [-0.25, -0.2) is 25.4 Å². The van der Waals surface area contributed by atoms with Gasteiger partial charge in [0.2, 0.25) is 0 Å². The Kier molecular flexibility index (Phi) is 7.41. The number of hydrogen-bond acceptors (Lipinski definition) is 6. The number of anilines is 2. The second-order valence-electron chi connectivity index (χ2n) is 7.11. The van der Waals surface area contributed by atoms with Crippen molar-refractivity contribution < 1.29 is 34.4 Å². The van der Waals surface area contributed by atoms with Crippen LogP contribution in [0.2, 0.25) is 0 Å². The summed E-state index contributed by atoms with van der Waals surface area (Å²) in [6.07, 6.45) is 0. The van der Waals surface area contributed by atoms with Crippen LogP contribution in [0.3, 0.4) is 0 Å². The minimum atomic E-state index is -4.47. The summed E-state index contributed by atoms with van der Waals surface area (Å²) in [6.45, 7) is -6.65. The molecule has 0 spiro atoms. The van der Waals surface area contributed by atoms with E-state index in [4.69, 9.17) is 0 Å². The van der Waals surface area contributed by atoms with E-state index in [2.05, 4.69) is 0 Å². The zero-order valence-corrected chi connectivity index (χ0v) is 21.2. The largest absolute Gasteiger partial charge is 0.328 e. The maximum atomic E-state index is 13.7. The van der Waals surface area contributed by atoms with Crippen molar-refractivity contribution in [2.24, 2.45) is 0 Å². The van der Waals surface area contributed by atoms with E-state index in [0.29, 0.717) is 11.1 Å². The molecule has 190 valence electrons. The molecule has 0 bridgehead atoms. The molecule has 0 aliphatic carbocycles. The first-order valence-electron chi connectivity index (χ1n) is 9.96. The Morgan fingerprint density at radius 1 is 0.556 bits per heavy atom. The van der Waals surface area contributed by atoms with Crippen molar-refractivity contribution in [3.8, 4) is 11.1 Å². The van der Waals surface area contributed by atoms with Gasteiger partial charge in [0, 0.05) is 0 Å². The lowest BCUT2D eigenvalue weighted by Crippen LogP contribution is -2.35. The van der Waals surface area contributed by atoms with E-state index < -0.39 is 33.1 Å². The molecule has 36 heavy (non-hydrogen) atoms. The van der Waals surface area contributed by atoms with Crippen molar-refractivity contribution in [2.45, 2.75) is 21.5 Å². The van der Waals surface area contributed by atoms with E-state index in [1.54, 1.807) is 0 Å². The fraction of sp³-hybridized carbons (Fsp3) is 0.0909. The number of halogens is 4. The fourth-order valence-corrected chi connectivity index (χ4v) is 8.12. The van der Waals surface area contributed by atoms with E-state index in [1.807, 2.05) is 0 Å². The van der Waals surface area contributed by atoms with Crippen LogP contribution in [0.15, 0.2) is 92.0 Å². The standard InChI is InChI=1S/C22H16F4N2O4S4/c23-21(24)27(35(29,30)19-3-1-13-33-19)17-9-5-15(6-10-17)16-7-11-18(12-8-16)28(22(25)26)36(31,32)20-4-2-14-34-20/h1-14,21-22H. The highest BCUT2D eigenvalue weighted by atomic mass is 32.3. The van der Waals surface area contributed by atoms with Crippen molar-refractivity contribution in [1.29, 1.82) is 0 Å². The Morgan fingerprint density at radius 3 is 1.14 bits per heavy atom. The van der Waals surface area contributed by atoms with Gasteiger partial charge >= 0.3 is 13.1 Å². The number of thiophene rings is 2. The smallest absolute Gasteiger partial charge is 0.206 e. The van der Waals surface area contributed by atoms with Gasteiger partial charge < -0.3 is 0 Å². The first-order chi connectivity index (χ1) is 17.0. The Balaban J connectivity index is 1.62. The van der Waals surface area contributed by atoms with Gasteiger partial charge in [0.25, 0.3) is 20.0 Å². The molecule has 6 nitrogen and oxygen atoms in total. The van der Waals surface area contributed by atoms with Crippen molar-refractivity contribution in [3.63, 3.8) is 0 Å². The minimum absolute atomic E-state index is 0.0155. The highest BCUT2D eigenvalue weighted by molar-refractivity contribution is 7.95. The van der Waals surface area contributed by atoms with Crippen molar-refractivity contribution in [3.05, 3.63) is 83.6 Å². The Labute approximate surface area is 212 Å². The summed E-state index contributed by atoms with van der Waals surface area (Å²) in [5.74, 6) is 0. The minimum Gasteiger partial charge on any atom is -0.206 e. The molecule has 0 amide bonds. The van der Waals surface area contributed by atoms with E-state index in [9.17, 15) is 34.4 Å². The van der Waals surface area contributed by atoms with Gasteiger partial charge in [-0.1, -0.05) is 36.4 Å². The van der Waals surface area contributed by atoms with Crippen LogP contribution in [0, 0.1) is 0 Å². The molecule has 0 saturated carbocycles. The maximum absolute atomic E-state index is 13.7. The third kappa shape index (κ3) is 4.98. The molecule has 0 saturated heterocycles. The molecular formula is C22H16F4N2O4S4. The Hall–Kier alpha value is -2.94. The molecular weight excluding hydrogens is 561 g/mol. The quantitative estimate of drug-likeness (QED) is 0.173. The average molecular weight is 577 g/mol. The molecule has 2 aromatic carbocycles. The molecule has 4 aromatic rings. The predicted octanol–water partition coefficient (Wildman–Crippen LogP) is 6.31. The summed E-state index contributed by atoms with van der Waals surface area (Å²) in [7, 11) is -8.95. The van der Waals surface area contributed by atoms with Crippen LogP contribution in [-0.4, -0.2) is 29.9 Å². The van der Waals surface area contributed by atoms with Gasteiger partial charge in [0.15, 0.2) is 0 Å².